The summed E-state index contributed by atoms with van der Waals surface area (Å²) in [5.74, 6) is -1.48. The second-order valence-corrected chi connectivity index (χ2v) is 6.73. The van der Waals surface area contributed by atoms with E-state index >= 15 is 0 Å². The average molecular weight is 372 g/mol. The summed E-state index contributed by atoms with van der Waals surface area (Å²) in [4.78, 5) is 26.2. The van der Waals surface area contributed by atoms with Crippen LogP contribution in [0, 0.1) is 0 Å². The molecule has 3 rings (SSSR count). The fourth-order valence-electron chi connectivity index (χ4n) is 3.43. The molecule has 2 atom stereocenters. The van der Waals surface area contributed by atoms with Crippen LogP contribution in [0.15, 0.2) is 41.0 Å². The molecule has 2 aromatic rings. The summed E-state index contributed by atoms with van der Waals surface area (Å²) in [5, 5.41) is 11.8. The molecule has 7 heteroatoms. The van der Waals surface area contributed by atoms with Crippen molar-refractivity contribution < 1.29 is 23.8 Å². The minimum atomic E-state index is -1.10. The molecule has 1 aliphatic heterocycles. The molecule has 0 saturated carbocycles. The molecule has 27 heavy (non-hydrogen) atoms. The number of furan rings is 1. The van der Waals surface area contributed by atoms with Crippen LogP contribution in [0.25, 0.3) is 0 Å². The van der Waals surface area contributed by atoms with Gasteiger partial charge in [-0.15, -0.1) is 0 Å². The number of para-hydroxylation sites is 1. The number of anilines is 1. The second kappa shape index (κ2) is 8.26. The van der Waals surface area contributed by atoms with Crippen molar-refractivity contribution >= 4 is 17.6 Å². The summed E-state index contributed by atoms with van der Waals surface area (Å²) in [7, 11) is 1.49. The third-order valence-corrected chi connectivity index (χ3v) is 4.86. The van der Waals surface area contributed by atoms with Crippen molar-refractivity contribution in [3.05, 3.63) is 53.5 Å². The first-order chi connectivity index (χ1) is 13.0. The van der Waals surface area contributed by atoms with Gasteiger partial charge < -0.3 is 24.5 Å². The number of amides is 1. The monoisotopic (exact) mass is 372 g/mol. The van der Waals surface area contributed by atoms with Crippen LogP contribution in [0.4, 0.5) is 5.69 Å². The number of nitrogens with zero attached hydrogens (tertiary/aromatic N) is 1. The standard InChI is InChI=1S/C20H24N2O5/c1-13-11-14-5-3-4-6-17(14)22(13)12-15-7-10-27-18(15)19(23)21-16(20(24)25)8-9-26-2/h3-7,10,13,16H,8-9,11-12H2,1-2H3,(H,21,23)(H,24,25). The van der Waals surface area contributed by atoms with Crippen LogP contribution in [0.1, 0.15) is 35.0 Å². The van der Waals surface area contributed by atoms with Gasteiger partial charge in [0.15, 0.2) is 5.76 Å². The van der Waals surface area contributed by atoms with Crippen LogP contribution in [0.2, 0.25) is 0 Å². The largest absolute Gasteiger partial charge is 0.480 e. The Bertz CT molecular complexity index is 816. The summed E-state index contributed by atoms with van der Waals surface area (Å²) in [6.45, 7) is 2.91. The maximum Gasteiger partial charge on any atom is 0.326 e. The highest BCUT2D eigenvalue weighted by atomic mass is 16.5. The maximum absolute atomic E-state index is 12.6. The molecule has 1 aromatic carbocycles. The van der Waals surface area contributed by atoms with Crippen molar-refractivity contribution in [1.29, 1.82) is 0 Å². The number of fused-ring (bicyclic) bond motifs is 1. The number of carboxylic acid groups (broad SMARTS) is 1. The molecule has 1 amide bonds. The first-order valence-electron chi connectivity index (χ1n) is 8.94. The number of hydrogen-bond donors (Lipinski definition) is 2. The minimum Gasteiger partial charge on any atom is -0.480 e. The molecule has 0 saturated heterocycles. The van der Waals surface area contributed by atoms with Crippen LogP contribution >= 0.6 is 0 Å². The third-order valence-electron chi connectivity index (χ3n) is 4.86. The highest BCUT2D eigenvalue weighted by Gasteiger charge is 2.29. The lowest BCUT2D eigenvalue weighted by molar-refractivity contribution is -0.139. The Hall–Kier alpha value is -2.80. The van der Waals surface area contributed by atoms with Gasteiger partial charge in [-0.2, -0.15) is 0 Å². The van der Waals surface area contributed by atoms with Crippen molar-refractivity contribution in [1.82, 2.24) is 5.32 Å². The van der Waals surface area contributed by atoms with Crippen LogP contribution in [-0.2, 0) is 22.5 Å². The van der Waals surface area contributed by atoms with Crippen LogP contribution in [0.3, 0.4) is 0 Å². The first-order valence-corrected chi connectivity index (χ1v) is 8.94. The molecule has 0 aliphatic carbocycles. The number of carboxylic acids is 1. The van der Waals surface area contributed by atoms with E-state index < -0.39 is 17.9 Å². The lowest BCUT2D eigenvalue weighted by Crippen LogP contribution is -2.41. The SMILES string of the molecule is COCCC(NC(=O)c1occc1CN1c2ccccc2CC1C)C(=O)O. The van der Waals surface area contributed by atoms with E-state index in [4.69, 9.17) is 9.15 Å². The molecule has 2 unspecified atom stereocenters. The fraction of sp³-hybridized carbons (Fsp3) is 0.400. The van der Waals surface area contributed by atoms with Gasteiger partial charge in [-0.25, -0.2) is 4.79 Å². The Kier molecular flexibility index (Phi) is 5.81. The smallest absolute Gasteiger partial charge is 0.326 e. The summed E-state index contributed by atoms with van der Waals surface area (Å²) >= 11 is 0. The van der Waals surface area contributed by atoms with Gasteiger partial charge in [0.1, 0.15) is 6.04 Å². The molecule has 0 spiro atoms. The number of aliphatic carboxylic acids is 1. The summed E-state index contributed by atoms with van der Waals surface area (Å²) in [6, 6.07) is 9.25. The van der Waals surface area contributed by atoms with Crippen molar-refractivity contribution in [2.45, 2.75) is 38.4 Å². The predicted molar refractivity (Wildman–Crippen MR) is 99.9 cm³/mol. The Labute approximate surface area is 157 Å². The molecule has 0 bridgehead atoms. The number of hydrogen-bond acceptors (Lipinski definition) is 5. The van der Waals surface area contributed by atoms with Gasteiger partial charge in [0.2, 0.25) is 0 Å². The zero-order valence-corrected chi connectivity index (χ0v) is 15.5. The Morgan fingerprint density at radius 2 is 2.15 bits per heavy atom. The molecule has 144 valence electrons. The highest BCUT2D eigenvalue weighted by molar-refractivity contribution is 5.95. The average Bonchev–Trinajstić information content (AvgIpc) is 3.23. The van der Waals surface area contributed by atoms with E-state index in [-0.39, 0.29) is 18.8 Å². The maximum atomic E-state index is 12.6. The number of carbonyl (C=O) groups excluding carboxylic acids is 1. The lowest BCUT2D eigenvalue weighted by Gasteiger charge is -2.24. The Morgan fingerprint density at radius 3 is 2.89 bits per heavy atom. The van der Waals surface area contributed by atoms with E-state index in [9.17, 15) is 14.7 Å². The summed E-state index contributed by atoms with van der Waals surface area (Å²) < 4.78 is 10.3. The number of benzene rings is 1. The molecule has 1 aromatic heterocycles. The van der Waals surface area contributed by atoms with E-state index in [1.54, 1.807) is 6.07 Å². The normalized spacial score (nSPS) is 16.8. The molecule has 0 radical (unpaired) electrons. The van der Waals surface area contributed by atoms with Crippen molar-refractivity contribution in [3.63, 3.8) is 0 Å². The second-order valence-electron chi connectivity index (χ2n) is 6.73. The van der Waals surface area contributed by atoms with Gasteiger partial charge in [0.05, 0.1) is 6.26 Å². The number of carbonyl (C=O) groups is 2. The van der Waals surface area contributed by atoms with E-state index in [2.05, 4.69) is 29.3 Å². The van der Waals surface area contributed by atoms with Gasteiger partial charge in [-0.05, 0) is 31.0 Å². The van der Waals surface area contributed by atoms with E-state index in [0.29, 0.717) is 12.6 Å². The number of methoxy groups -OCH3 is 1. The zero-order chi connectivity index (χ0) is 19.4. The number of nitrogens with one attached hydrogen (secondary N) is 1. The predicted octanol–water partition coefficient (Wildman–Crippen LogP) is 2.45. The fourth-order valence-corrected chi connectivity index (χ4v) is 3.43. The number of rotatable bonds is 8. The van der Waals surface area contributed by atoms with Crippen LogP contribution in [-0.4, -0.2) is 42.8 Å². The van der Waals surface area contributed by atoms with Gasteiger partial charge in [0, 0.05) is 44.0 Å². The van der Waals surface area contributed by atoms with E-state index in [1.807, 2.05) is 12.1 Å². The molecular formula is C20H24N2O5. The summed E-state index contributed by atoms with van der Waals surface area (Å²) in [6.07, 6.45) is 2.60. The van der Waals surface area contributed by atoms with Gasteiger partial charge in [0.25, 0.3) is 5.91 Å². The molecule has 1 aliphatic rings. The number of ether oxygens (including phenoxy) is 1. The molecule has 2 heterocycles. The quantitative estimate of drug-likeness (QED) is 0.740. The van der Waals surface area contributed by atoms with Gasteiger partial charge >= 0.3 is 5.97 Å². The topological polar surface area (TPSA) is 92.0 Å². The van der Waals surface area contributed by atoms with Crippen LogP contribution in [0.5, 0.6) is 0 Å². The lowest BCUT2D eigenvalue weighted by atomic mass is 10.1. The van der Waals surface area contributed by atoms with Gasteiger partial charge in [-0.3, -0.25) is 4.79 Å². The Morgan fingerprint density at radius 1 is 1.37 bits per heavy atom. The Balaban J connectivity index is 1.74. The molecule has 7 nitrogen and oxygen atoms in total. The van der Waals surface area contributed by atoms with E-state index in [0.717, 1.165) is 17.7 Å². The third kappa shape index (κ3) is 4.14. The van der Waals surface area contributed by atoms with E-state index in [1.165, 1.54) is 18.9 Å². The van der Waals surface area contributed by atoms with Crippen molar-refractivity contribution in [2.75, 3.05) is 18.6 Å². The summed E-state index contributed by atoms with van der Waals surface area (Å²) in [5.41, 5.74) is 3.16. The van der Waals surface area contributed by atoms with Crippen molar-refractivity contribution in [2.24, 2.45) is 0 Å². The molecule has 0 fully saturated rings. The van der Waals surface area contributed by atoms with Gasteiger partial charge in [-0.1, -0.05) is 18.2 Å². The molecule has 2 N–H and O–H groups in total. The molecular weight excluding hydrogens is 348 g/mol. The first kappa shape index (κ1) is 19.0. The highest BCUT2D eigenvalue weighted by Crippen LogP contribution is 2.33. The van der Waals surface area contributed by atoms with Crippen molar-refractivity contribution in [3.8, 4) is 0 Å². The minimum absolute atomic E-state index is 0.148. The zero-order valence-electron chi connectivity index (χ0n) is 15.5. The van der Waals surface area contributed by atoms with Crippen LogP contribution < -0.4 is 10.2 Å².